The topological polar surface area (TPSA) is 100 Å². The maximum atomic E-state index is 13.2. The molecule has 0 radical (unpaired) electrons. The van der Waals surface area contributed by atoms with Crippen LogP contribution in [0.4, 0.5) is 15.3 Å². The number of benzene rings is 1. The zero-order valence-corrected chi connectivity index (χ0v) is 25.4. The van der Waals surface area contributed by atoms with E-state index in [2.05, 4.69) is 15.5 Å². The Morgan fingerprint density at radius 3 is 2.46 bits per heavy atom. The minimum atomic E-state index is -0.604. The Balaban J connectivity index is 1.34. The van der Waals surface area contributed by atoms with Gasteiger partial charge in [0.25, 0.3) is 0 Å². The van der Waals surface area contributed by atoms with Gasteiger partial charge in [0.2, 0.25) is 0 Å². The second-order valence-corrected chi connectivity index (χ2v) is 12.6. The fourth-order valence-corrected chi connectivity index (χ4v) is 5.96. The first-order chi connectivity index (χ1) is 19.7. The van der Waals surface area contributed by atoms with Gasteiger partial charge < -0.3 is 19.7 Å². The van der Waals surface area contributed by atoms with Crippen molar-refractivity contribution in [2.45, 2.75) is 77.5 Å². The highest BCUT2D eigenvalue weighted by molar-refractivity contribution is 7.08. The predicted molar refractivity (Wildman–Crippen MR) is 162 cm³/mol. The summed E-state index contributed by atoms with van der Waals surface area (Å²) in [6, 6.07) is 7.76. The Hall–Kier alpha value is -2.95. The summed E-state index contributed by atoms with van der Waals surface area (Å²) in [7, 11) is 0. The number of urea groups is 1. The molecule has 9 nitrogen and oxygen atoms in total. The molecule has 0 unspecified atom stereocenters. The van der Waals surface area contributed by atoms with E-state index in [0.29, 0.717) is 24.3 Å². The van der Waals surface area contributed by atoms with E-state index in [1.54, 1.807) is 26.2 Å². The van der Waals surface area contributed by atoms with Crippen LogP contribution in [0.5, 0.6) is 0 Å². The molecule has 41 heavy (non-hydrogen) atoms. The number of nitrogens with zero attached hydrogens (tertiary/aromatic N) is 2. The lowest BCUT2D eigenvalue weighted by Gasteiger charge is -2.29. The van der Waals surface area contributed by atoms with Gasteiger partial charge in [-0.25, -0.2) is 9.59 Å². The maximum Gasteiger partial charge on any atom is 0.412 e. The van der Waals surface area contributed by atoms with Crippen LogP contribution in [0.2, 0.25) is 0 Å². The Morgan fingerprint density at radius 1 is 1.07 bits per heavy atom. The monoisotopic (exact) mass is 584 g/mol. The molecule has 1 aromatic carbocycles. The van der Waals surface area contributed by atoms with E-state index in [4.69, 9.17) is 9.47 Å². The molecule has 1 saturated carbocycles. The van der Waals surface area contributed by atoms with E-state index in [0.717, 1.165) is 63.2 Å². The van der Waals surface area contributed by atoms with Crippen molar-refractivity contribution in [1.29, 1.82) is 0 Å². The van der Waals surface area contributed by atoms with Crippen LogP contribution in [0.25, 0.3) is 0 Å². The van der Waals surface area contributed by atoms with Crippen molar-refractivity contribution in [2.24, 2.45) is 0 Å². The van der Waals surface area contributed by atoms with E-state index in [1.807, 2.05) is 34.5 Å². The summed E-state index contributed by atoms with van der Waals surface area (Å²) >= 11 is 1.43. The molecule has 0 spiro atoms. The number of amides is 3. The van der Waals surface area contributed by atoms with Gasteiger partial charge in [-0.1, -0.05) is 37.1 Å². The molecule has 3 amide bonds. The summed E-state index contributed by atoms with van der Waals surface area (Å²) in [5, 5.41) is 9.66. The third kappa shape index (κ3) is 10.1. The van der Waals surface area contributed by atoms with Crippen molar-refractivity contribution in [3.8, 4) is 0 Å². The zero-order valence-electron chi connectivity index (χ0n) is 24.6. The highest BCUT2D eigenvalue weighted by Crippen LogP contribution is 2.24. The number of rotatable bonds is 11. The summed E-state index contributed by atoms with van der Waals surface area (Å²) in [5.41, 5.74) is 2.32. The molecule has 1 saturated heterocycles. The zero-order chi connectivity index (χ0) is 29.2. The molecule has 1 aliphatic carbocycles. The second kappa shape index (κ2) is 14.8. The number of nitrogens with one attached hydrogen (secondary N) is 2. The first-order valence-electron chi connectivity index (χ1n) is 14.7. The molecule has 224 valence electrons. The number of hydrogen-bond donors (Lipinski definition) is 2. The smallest absolute Gasteiger partial charge is 0.412 e. The van der Waals surface area contributed by atoms with Gasteiger partial charge in [0.15, 0.2) is 5.78 Å². The average Bonchev–Trinajstić information content (AvgIpc) is 3.60. The molecule has 2 N–H and O–H groups in total. The average molecular weight is 585 g/mol. The molecule has 1 aromatic heterocycles. The van der Waals surface area contributed by atoms with Gasteiger partial charge in [-0.2, -0.15) is 0 Å². The molecular formula is C31H44N4O5S. The van der Waals surface area contributed by atoms with Crippen LogP contribution >= 0.6 is 11.3 Å². The largest absolute Gasteiger partial charge is 0.444 e. The molecule has 10 heteroatoms. The van der Waals surface area contributed by atoms with E-state index in [1.165, 1.54) is 24.2 Å². The van der Waals surface area contributed by atoms with Crippen molar-refractivity contribution in [1.82, 2.24) is 15.1 Å². The van der Waals surface area contributed by atoms with Crippen LogP contribution in [0.3, 0.4) is 0 Å². The van der Waals surface area contributed by atoms with E-state index in [9.17, 15) is 14.4 Å². The molecule has 2 heterocycles. The van der Waals surface area contributed by atoms with Crippen molar-refractivity contribution >= 4 is 34.9 Å². The Morgan fingerprint density at radius 2 is 1.78 bits per heavy atom. The molecule has 0 atom stereocenters. The quantitative estimate of drug-likeness (QED) is 0.329. The van der Waals surface area contributed by atoms with Gasteiger partial charge >= 0.3 is 12.1 Å². The predicted octanol–water partition coefficient (Wildman–Crippen LogP) is 5.70. The fourth-order valence-electron chi connectivity index (χ4n) is 5.17. The molecule has 2 fully saturated rings. The summed E-state index contributed by atoms with van der Waals surface area (Å²) < 4.78 is 10.8. The summed E-state index contributed by atoms with van der Waals surface area (Å²) in [6.45, 7) is 10.9. The standard InChI is InChI=1S/C31H44N4O5S/c1-31(2,3)40-30(38)33-27-22-41-21-25(27)19-28(36)24-11-9-23(10-12-24)20-35(29(37)32-26-7-4-5-8-26)14-6-13-34-15-17-39-18-16-34/h9-12,21-22,26H,4-8,13-20H2,1-3H3,(H,32,37)(H,33,38). The number of hydrogen-bond acceptors (Lipinski definition) is 7. The number of anilines is 1. The molecule has 1 aliphatic heterocycles. The van der Waals surface area contributed by atoms with E-state index in [-0.39, 0.29) is 24.3 Å². The number of morpholine rings is 1. The normalized spacial score (nSPS) is 16.4. The number of carbonyl (C=O) groups excluding carboxylic acids is 3. The van der Waals surface area contributed by atoms with Gasteiger partial charge in [-0.3, -0.25) is 15.0 Å². The van der Waals surface area contributed by atoms with E-state index >= 15 is 0 Å². The highest BCUT2D eigenvalue weighted by atomic mass is 32.1. The molecule has 4 rings (SSSR count). The minimum absolute atomic E-state index is 0.0125. The van der Waals surface area contributed by atoms with Crippen LogP contribution in [-0.2, 0) is 22.4 Å². The minimum Gasteiger partial charge on any atom is -0.444 e. The van der Waals surface area contributed by atoms with Crippen LogP contribution in [0.1, 0.15) is 74.4 Å². The first kappa shape index (κ1) is 31.0. The van der Waals surface area contributed by atoms with Gasteiger partial charge in [0, 0.05) is 56.1 Å². The van der Waals surface area contributed by atoms with Crippen molar-refractivity contribution in [3.63, 3.8) is 0 Å². The maximum absolute atomic E-state index is 13.2. The lowest BCUT2D eigenvalue weighted by Crippen LogP contribution is -2.45. The van der Waals surface area contributed by atoms with Crippen LogP contribution < -0.4 is 10.6 Å². The third-order valence-corrected chi connectivity index (χ3v) is 8.15. The highest BCUT2D eigenvalue weighted by Gasteiger charge is 2.22. The summed E-state index contributed by atoms with van der Waals surface area (Å²) in [6.07, 6.45) is 4.95. The van der Waals surface area contributed by atoms with Crippen molar-refractivity contribution < 1.29 is 23.9 Å². The van der Waals surface area contributed by atoms with Gasteiger partial charge in [-0.05, 0) is 56.5 Å². The molecule has 2 aliphatic rings. The van der Waals surface area contributed by atoms with Crippen molar-refractivity contribution in [3.05, 3.63) is 51.7 Å². The summed E-state index contributed by atoms with van der Waals surface area (Å²) in [5.74, 6) is -0.0384. The summed E-state index contributed by atoms with van der Waals surface area (Å²) in [4.78, 5) is 42.8. The van der Waals surface area contributed by atoms with Crippen LogP contribution in [0, 0.1) is 0 Å². The van der Waals surface area contributed by atoms with Crippen LogP contribution in [-0.4, -0.2) is 78.7 Å². The lowest BCUT2D eigenvalue weighted by atomic mass is 10.0. The Kier molecular flexibility index (Phi) is 11.2. The van der Waals surface area contributed by atoms with E-state index < -0.39 is 11.7 Å². The Bertz CT molecular complexity index is 1150. The number of ether oxygens (including phenoxy) is 2. The number of Topliss-reactive ketones (excluding diaryl/α,β-unsaturated/α-hetero) is 1. The number of carbonyl (C=O) groups is 3. The number of ketones is 1. The SMILES string of the molecule is CC(C)(C)OC(=O)Nc1cscc1CC(=O)c1ccc(CN(CCCN2CCOCC2)C(=O)NC2CCCC2)cc1. The van der Waals surface area contributed by atoms with Crippen molar-refractivity contribution in [2.75, 3.05) is 44.7 Å². The fraction of sp³-hybridized carbons (Fsp3) is 0.581. The van der Waals surface area contributed by atoms with Gasteiger partial charge in [-0.15, -0.1) is 11.3 Å². The third-order valence-electron chi connectivity index (χ3n) is 7.35. The molecule has 0 bridgehead atoms. The van der Waals surface area contributed by atoms with Gasteiger partial charge in [0.05, 0.1) is 18.9 Å². The second-order valence-electron chi connectivity index (χ2n) is 11.9. The lowest BCUT2D eigenvalue weighted by molar-refractivity contribution is 0.0364. The molecular weight excluding hydrogens is 540 g/mol. The Labute approximate surface area is 247 Å². The van der Waals surface area contributed by atoms with Gasteiger partial charge in [0.1, 0.15) is 5.60 Å². The van der Waals surface area contributed by atoms with Crippen LogP contribution in [0.15, 0.2) is 35.0 Å². The first-order valence-corrected chi connectivity index (χ1v) is 15.6. The molecule has 2 aromatic rings. The number of thiophene rings is 1.